The van der Waals surface area contributed by atoms with Crippen LogP contribution in [-0.4, -0.2) is 31.0 Å². The Morgan fingerprint density at radius 3 is 2.25 bits per heavy atom. The molecule has 0 unspecified atom stereocenters. The summed E-state index contributed by atoms with van der Waals surface area (Å²) < 4.78 is 18.8. The lowest BCUT2D eigenvalue weighted by molar-refractivity contribution is 0.0946. The van der Waals surface area contributed by atoms with Crippen molar-refractivity contribution in [2.45, 2.75) is 94.8 Å². The predicted molar refractivity (Wildman–Crippen MR) is 218 cm³/mol. The van der Waals surface area contributed by atoms with Gasteiger partial charge in [0.1, 0.15) is 11.6 Å². The number of amides is 1. The zero-order valence-electron chi connectivity index (χ0n) is 30.7. The van der Waals surface area contributed by atoms with E-state index in [0.29, 0.717) is 34.6 Å². The summed E-state index contributed by atoms with van der Waals surface area (Å²) in [6.07, 6.45) is 19.3. The van der Waals surface area contributed by atoms with Crippen LogP contribution in [0.2, 0.25) is 0 Å². The largest absolute Gasteiger partial charge is 0.383 e. The number of fused-ring (bicyclic) bond motifs is 1. The highest BCUT2D eigenvalue weighted by molar-refractivity contribution is 8.00. The molecule has 9 heteroatoms. The summed E-state index contributed by atoms with van der Waals surface area (Å²) in [5.41, 5.74) is 13.5. The Balaban J connectivity index is 1.03. The molecule has 276 valence electrons. The molecule has 0 fully saturated rings. The summed E-state index contributed by atoms with van der Waals surface area (Å²) in [7, 11) is 2.03. The molecule has 0 spiro atoms. The smallest absolute Gasteiger partial charge is 0.251 e. The normalized spacial score (nSPS) is 12.3. The van der Waals surface area contributed by atoms with Crippen molar-refractivity contribution >= 4 is 35.0 Å². The van der Waals surface area contributed by atoms with Crippen LogP contribution in [0.4, 0.5) is 21.6 Å². The zero-order valence-corrected chi connectivity index (χ0v) is 31.5. The Kier molecular flexibility index (Phi) is 15.4. The SMILES string of the molecule is C=C(CCCCCCCCCCCCCCNC)Nc1cccc(NSc2ccc(-c3cnc(N)c(-c4ccc5c(c4)CCNC5=O)c3)c(F)c2)c1. The molecule has 3 aromatic carbocycles. The Bertz CT molecular complexity index is 1780. The van der Waals surface area contributed by atoms with Crippen LogP contribution in [-0.2, 0) is 6.42 Å². The molecule has 0 saturated carbocycles. The standard InChI is InChI=1S/C43H55FN6OS/c1-31(16-13-11-9-7-5-3-4-6-8-10-12-14-24-46-2)49-35-17-15-18-36(28-35)50-52-37-20-22-38(41(44)29-37)34-27-40(42(45)48-30-34)32-19-21-39-33(26-32)23-25-47-43(39)51/h15,17-22,26-30,46,49-50H,1,3-14,16,23-25H2,2H3,(H2,45,48)(H,47,51). The van der Waals surface area contributed by atoms with Gasteiger partial charge in [0.25, 0.3) is 5.91 Å². The van der Waals surface area contributed by atoms with Crippen LogP contribution in [0.5, 0.6) is 0 Å². The molecule has 1 amide bonds. The van der Waals surface area contributed by atoms with Crippen molar-refractivity contribution in [2.24, 2.45) is 0 Å². The first-order valence-corrected chi connectivity index (χ1v) is 19.8. The number of nitrogens with one attached hydrogen (secondary N) is 4. The van der Waals surface area contributed by atoms with Gasteiger partial charge in [-0.1, -0.05) is 95.1 Å². The van der Waals surface area contributed by atoms with E-state index in [4.69, 9.17) is 5.73 Å². The number of allylic oxidation sites excluding steroid dienone is 1. The van der Waals surface area contributed by atoms with E-state index in [1.165, 1.54) is 88.6 Å². The molecule has 6 N–H and O–H groups in total. The number of anilines is 3. The average molecular weight is 723 g/mol. The number of carbonyl (C=O) groups excluding carboxylic acids is 1. The molecule has 5 rings (SSSR count). The molecule has 1 aliphatic heterocycles. The van der Waals surface area contributed by atoms with E-state index in [9.17, 15) is 4.79 Å². The molecular weight excluding hydrogens is 668 g/mol. The maximum atomic E-state index is 15.5. The first-order valence-electron chi connectivity index (χ1n) is 19.0. The Morgan fingerprint density at radius 1 is 0.827 bits per heavy atom. The predicted octanol–water partition coefficient (Wildman–Crippen LogP) is 10.8. The number of rotatable bonds is 22. The molecule has 1 aliphatic rings. The van der Waals surface area contributed by atoms with Crippen molar-refractivity contribution in [1.29, 1.82) is 0 Å². The van der Waals surface area contributed by atoms with Crippen LogP contribution < -0.4 is 26.4 Å². The first-order chi connectivity index (χ1) is 25.4. The summed E-state index contributed by atoms with van der Waals surface area (Å²) in [5, 5.41) is 9.55. The number of halogens is 1. The zero-order chi connectivity index (χ0) is 36.5. The fourth-order valence-corrected chi connectivity index (χ4v) is 7.36. The summed E-state index contributed by atoms with van der Waals surface area (Å²) >= 11 is 1.36. The number of pyridine rings is 1. The van der Waals surface area contributed by atoms with Crippen molar-refractivity contribution in [1.82, 2.24) is 15.6 Å². The third-order valence-corrected chi connectivity index (χ3v) is 10.5. The van der Waals surface area contributed by atoms with E-state index in [2.05, 4.69) is 32.2 Å². The second-order valence-corrected chi connectivity index (χ2v) is 14.7. The maximum absolute atomic E-state index is 15.5. The lowest BCUT2D eigenvalue weighted by Crippen LogP contribution is -2.31. The minimum absolute atomic E-state index is 0.0675. The van der Waals surface area contributed by atoms with Crippen LogP contribution in [0.1, 0.15) is 99.4 Å². The highest BCUT2D eigenvalue weighted by atomic mass is 32.2. The molecule has 0 saturated heterocycles. The van der Waals surface area contributed by atoms with Crippen LogP contribution in [0.3, 0.4) is 0 Å². The third-order valence-electron chi connectivity index (χ3n) is 9.64. The van der Waals surface area contributed by atoms with E-state index < -0.39 is 0 Å². The Labute approximate surface area is 314 Å². The topological polar surface area (TPSA) is 104 Å². The fraction of sp³-hybridized carbons (Fsp3) is 0.395. The number of hydrogen-bond acceptors (Lipinski definition) is 7. The summed E-state index contributed by atoms with van der Waals surface area (Å²) in [6, 6.07) is 20.8. The van der Waals surface area contributed by atoms with E-state index in [0.717, 1.165) is 58.9 Å². The second-order valence-electron chi connectivity index (χ2n) is 13.8. The second kappa shape index (κ2) is 20.6. The highest BCUT2D eigenvalue weighted by Gasteiger charge is 2.18. The molecule has 0 radical (unpaired) electrons. The van der Waals surface area contributed by atoms with E-state index in [1.807, 2.05) is 61.6 Å². The van der Waals surface area contributed by atoms with Crippen molar-refractivity contribution in [2.75, 3.05) is 35.9 Å². The molecular formula is C43H55FN6OS. The molecule has 7 nitrogen and oxygen atoms in total. The summed E-state index contributed by atoms with van der Waals surface area (Å²) in [5.74, 6) is -0.0587. The fourth-order valence-electron chi connectivity index (χ4n) is 6.70. The minimum Gasteiger partial charge on any atom is -0.383 e. The van der Waals surface area contributed by atoms with Gasteiger partial charge in [0.15, 0.2) is 0 Å². The lowest BCUT2D eigenvalue weighted by atomic mass is 9.94. The number of benzene rings is 3. The van der Waals surface area contributed by atoms with Crippen LogP contribution in [0.15, 0.2) is 90.1 Å². The molecule has 0 bridgehead atoms. The monoisotopic (exact) mass is 722 g/mol. The molecule has 0 aliphatic carbocycles. The van der Waals surface area contributed by atoms with Crippen molar-refractivity contribution in [3.63, 3.8) is 0 Å². The average Bonchev–Trinajstić information content (AvgIpc) is 3.14. The minimum atomic E-state index is -0.347. The maximum Gasteiger partial charge on any atom is 0.251 e. The number of nitrogen functional groups attached to an aromatic ring is 1. The number of aromatic nitrogens is 1. The quantitative estimate of drug-likeness (QED) is 0.0406. The van der Waals surface area contributed by atoms with Crippen LogP contribution >= 0.6 is 11.9 Å². The van der Waals surface area contributed by atoms with Gasteiger partial charge in [-0.3, -0.25) is 4.79 Å². The number of hydrogen-bond donors (Lipinski definition) is 5. The Hall–Kier alpha value is -4.34. The molecule has 1 aromatic heterocycles. The van der Waals surface area contributed by atoms with Gasteiger partial charge < -0.3 is 26.4 Å². The molecule has 0 atom stereocenters. The lowest BCUT2D eigenvalue weighted by Gasteiger charge is -2.18. The molecule has 2 heterocycles. The van der Waals surface area contributed by atoms with E-state index >= 15 is 4.39 Å². The van der Waals surface area contributed by atoms with Gasteiger partial charge in [-0.2, -0.15) is 0 Å². The third kappa shape index (κ3) is 11.9. The number of carbonyl (C=O) groups is 1. The Morgan fingerprint density at radius 2 is 1.52 bits per heavy atom. The van der Waals surface area contributed by atoms with Crippen molar-refractivity contribution < 1.29 is 9.18 Å². The van der Waals surface area contributed by atoms with Gasteiger partial charge in [0.2, 0.25) is 0 Å². The van der Waals surface area contributed by atoms with Gasteiger partial charge in [-0.05, 0) is 105 Å². The number of nitrogens with two attached hydrogens (primary N) is 1. The first kappa shape index (κ1) is 38.9. The number of unbranched alkanes of at least 4 members (excludes halogenated alkanes) is 11. The van der Waals surface area contributed by atoms with Crippen LogP contribution in [0, 0.1) is 5.82 Å². The highest BCUT2D eigenvalue weighted by Crippen LogP contribution is 2.34. The van der Waals surface area contributed by atoms with Crippen molar-refractivity contribution in [3.8, 4) is 22.3 Å². The van der Waals surface area contributed by atoms with Gasteiger partial charge in [-0.15, -0.1) is 0 Å². The molecule has 52 heavy (non-hydrogen) atoms. The van der Waals surface area contributed by atoms with Crippen LogP contribution in [0.25, 0.3) is 22.3 Å². The van der Waals surface area contributed by atoms with Gasteiger partial charge in [0, 0.05) is 57.0 Å². The van der Waals surface area contributed by atoms with E-state index in [-0.39, 0.29) is 11.7 Å². The van der Waals surface area contributed by atoms with Gasteiger partial charge >= 0.3 is 0 Å². The summed E-state index contributed by atoms with van der Waals surface area (Å²) in [4.78, 5) is 17.3. The van der Waals surface area contributed by atoms with Gasteiger partial charge in [0.05, 0.1) is 0 Å². The number of nitrogens with zero attached hydrogens (tertiary/aromatic N) is 1. The summed E-state index contributed by atoms with van der Waals surface area (Å²) in [6.45, 7) is 6.00. The van der Waals surface area contributed by atoms with E-state index in [1.54, 1.807) is 12.3 Å². The molecule has 4 aromatic rings. The van der Waals surface area contributed by atoms with Crippen molar-refractivity contribution in [3.05, 3.63) is 102 Å². The van der Waals surface area contributed by atoms with Gasteiger partial charge in [-0.25, -0.2) is 9.37 Å².